The maximum atomic E-state index is 11.9. The minimum atomic E-state index is -1.52. The van der Waals surface area contributed by atoms with Gasteiger partial charge >= 0.3 is 0 Å². The molecule has 2 rings (SSSR count). The lowest BCUT2D eigenvalue weighted by Gasteiger charge is -2.41. The van der Waals surface area contributed by atoms with Crippen LogP contribution in [-0.4, -0.2) is 39.4 Å². The van der Waals surface area contributed by atoms with E-state index < -0.39 is 5.79 Å². The first-order chi connectivity index (χ1) is 7.41. The van der Waals surface area contributed by atoms with E-state index >= 15 is 0 Å². The summed E-state index contributed by atoms with van der Waals surface area (Å²) in [5, 5.41) is 19.2. The summed E-state index contributed by atoms with van der Waals surface area (Å²) < 4.78 is 0. The molecule has 1 saturated heterocycles. The number of amides is 1. The van der Waals surface area contributed by atoms with Crippen molar-refractivity contribution in [3.8, 4) is 0 Å². The van der Waals surface area contributed by atoms with Crippen molar-refractivity contribution in [3.05, 3.63) is 0 Å². The average molecular weight is 243 g/mol. The molecule has 0 aromatic rings. The van der Waals surface area contributed by atoms with Crippen LogP contribution >= 0.6 is 0 Å². The first-order valence-electron chi connectivity index (χ1n) is 6.16. The summed E-state index contributed by atoms with van der Waals surface area (Å²) in [6.07, 6.45) is 2.38. The van der Waals surface area contributed by atoms with Gasteiger partial charge in [-0.1, -0.05) is 21.3 Å². The summed E-state index contributed by atoms with van der Waals surface area (Å²) in [6, 6.07) is 0.199. The molecule has 3 atom stereocenters. The van der Waals surface area contributed by atoms with Gasteiger partial charge in [0, 0.05) is 31.3 Å². The predicted molar refractivity (Wildman–Crippen MR) is 66.2 cm³/mol. The van der Waals surface area contributed by atoms with Crippen molar-refractivity contribution in [2.75, 3.05) is 6.54 Å². The topological polar surface area (TPSA) is 60.8 Å². The highest BCUT2D eigenvalue weighted by Crippen LogP contribution is 2.35. The van der Waals surface area contributed by atoms with Gasteiger partial charge in [0.1, 0.15) is 0 Å². The van der Waals surface area contributed by atoms with E-state index in [0.29, 0.717) is 19.3 Å². The van der Waals surface area contributed by atoms with Gasteiger partial charge < -0.3 is 15.1 Å². The van der Waals surface area contributed by atoms with E-state index in [1.165, 1.54) is 0 Å². The van der Waals surface area contributed by atoms with Crippen molar-refractivity contribution >= 4 is 5.91 Å². The van der Waals surface area contributed by atoms with Crippen LogP contribution < -0.4 is 0 Å². The lowest BCUT2D eigenvalue weighted by molar-refractivity contribution is -0.199. The second-order valence-electron chi connectivity index (χ2n) is 5.49. The van der Waals surface area contributed by atoms with E-state index in [9.17, 15) is 15.0 Å². The Labute approximate surface area is 104 Å². The molecule has 17 heavy (non-hydrogen) atoms. The highest BCUT2D eigenvalue weighted by Gasteiger charge is 2.42. The zero-order chi connectivity index (χ0) is 11.9. The number of hydrogen-bond acceptors (Lipinski definition) is 3. The van der Waals surface area contributed by atoms with E-state index in [4.69, 9.17) is 0 Å². The largest absolute Gasteiger partial charge is 0.366 e. The summed E-state index contributed by atoms with van der Waals surface area (Å²) in [4.78, 5) is 13.9. The smallest absolute Gasteiger partial charge is 0.225 e. The van der Waals surface area contributed by atoms with E-state index in [2.05, 4.69) is 0 Å². The molecule has 1 heterocycles. The minimum absolute atomic E-state index is 0. The highest BCUT2D eigenvalue weighted by molar-refractivity contribution is 5.80. The van der Waals surface area contributed by atoms with E-state index in [1.807, 2.05) is 18.7 Å². The minimum Gasteiger partial charge on any atom is -0.366 e. The fraction of sp³-hybridized carbons (Fsp3) is 0.923. The number of aliphatic hydroxyl groups is 2. The fourth-order valence-electron chi connectivity index (χ4n) is 3.06. The Morgan fingerprint density at radius 3 is 2.41 bits per heavy atom. The van der Waals surface area contributed by atoms with E-state index in [0.717, 1.165) is 13.0 Å². The van der Waals surface area contributed by atoms with Gasteiger partial charge in [0.2, 0.25) is 5.91 Å². The van der Waals surface area contributed by atoms with Gasteiger partial charge in [0.15, 0.2) is 5.79 Å². The van der Waals surface area contributed by atoms with Crippen LogP contribution in [0.2, 0.25) is 0 Å². The molecule has 0 aromatic heterocycles. The molecule has 1 aliphatic heterocycles. The summed E-state index contributed by atoms with van der Waals surface area (Å²) in [7, 11) is 0. The van der Waals surface area contributed by atoms with Crippen molar-refractivity contribution in [3.63, 3.8) is 0 Å². The molecular weight excluding hydrogens is 218 g/mol. The number of rotatable bonds is 1. The van der Waals surface area contributed by atoms with Crippen LogP contribution in [0.3, 0.4) is 0 Å². The Balaban J connectivity index is 0.00000144. The number of hydrogen-bond donors (Lipinski definition) is 2. The number of carbonyl (C=O) groups excluding carboxylic acids is 1. The van der Waals surface area contributed by atoms with E-state index in [-0.39, 0.29) is 31.2 Å². The molecule has 1 amide bonds. The lowest BCUT2D eigenvalue weighted by Crippen LogP contribution is -2.49. The van der Waals surface area contributed by atoms with Crippen LogP contribution in [0.5, 0.6) is 0 Å². The van der Waals surface area contributed by atoms with Crippen LogP contribution in [0, 0.1) is 11.8 Å². The monoisotopic (exact) mass is 243 g/mol. The number of nitrogens with zero attached hydrogens (tertiary/aromatic N) is 1. The molecule has 1 aliphatic carbocycles. The summed E-state index contributed by atoms with van der Waals surface area (Å²) >= 11 is 0. The zero-order valence-corrected chi connectivity index (χ0v) is 10.0. The molecule has 0 radical (unpaired) electrons. The SMILES string of the molecule is C.C[C@@H]1CC(O)(O)CCC1N1CC[C@H](C)C1=O. The Kier molecular flexibility index (Phi) is 4.20. The molecule has 1 unspecified atom stereocenters. The number of carbonyl (C=O) groups is 1. The van der Waals surface area contributed by atoms with Crippen LogP contribution in [0.15, 0.2) is 0 Å². The van der Waals surface area contributed by atoms with Gasteiger partial charge in [-0.25, -0.2) is 0 Å². The zero-order valence-electron chi connectivity index (χ0n) is 10.0. The van der Waals surface area contributed by atoms with Gasteiger partial charge in [-0.2, -0.15) is 0 Å². The first kappa shape index (κ1) is 14.5. The Morgan fingerprint density at radius 2 is 1.94 bits per heavy atom. The van der Waals surface area contributed by atoms with Crippen molar-refractivity contribution in [2.24, 2.45) is 11.8 Å². The van der Waals surface area contributed by atoms with Crippen molar-refractivity contribution in [1.29, 1.82) is 0 Å². The van der Waals surface area contributed by atoms with Gasteiger partial charge in [-0.15, -0.1) is 0 Å². The predicted octanol–water partition coefficient (Wildman–Crippen LogP) is 1.36. The lowest BCUT2D eigenvalue weighted by atomic mass is 9.81. The van der Waals surface area contributed by atoms with Gasteiger partial charge in [0.25, 0.3) is 0 Å². The first-order valence-corrected chi connectivity index (χ1v) is 6.16. The van der Waals surface area contributed by atoms with Crippen LogP contribution in [0.1, 0.15) is 47.0 Å². The van der Waals surface area contributed by atoms with Crippen molar-refractivity contribution in [1.82, 2.24) is 4.90 Å². The molecule has 2 aliphatic rings. The normalized spacial score (nSPS) is 36.8. The van der Waals surface area contributed by atoms with E-state index in [1.54, 1.807) is 0 Å². The molecule has 0 bridgehead atoms. The molecule has 0 aromatic carbocycles. The van der Waals surface area contributed by atoms with Gasteiger partial charge in [-0.3, -0.25) is 4.79 Å². The van der Waals surface area contributed by atoms with Gasteiger partial charge in [0.05, 0.1) is 0 Å². The van der Waals surface area contributed by atoms with Crippen LogP contribution in [-0.2, 0) is 4.79 Å². The molecular formula is C13H25NO3. The average Bonchev–Trinajstić information content (AvgIpc) is 2.48. The molecule has 4 heteroatoms. The summed E-state index contributed by atoms with van der Waals surface area (Å²) in [6.45, 7) is 4.80. The van der Waals surface area contributed by atoms with Crippen molar-refractivity contribution in [2.45, 2.75) is 58.8 Å². The molecule has 0 spiro atoms. The third-order valence-electron chi connectivity index (χ3n) is 4.05. The third kappa shape index (κ3) is 2.80. The third-order valence-corrected chi connectivity index (χ3v) is 4.05. The molecule has 4 nitrogen and oxygen atoms in total. The molecule has 100 valence electrons. The Bertz CT molecular complexity index is 290. The fourth-order valence-corrected chi connectivity index (χ4v) is 3.06. The summed E-state index contributed by atoms with van der Waals surface area (Å²) in [5.74, 6) is -0.982. The highest BCUT2D eigenvalue weighted by atomic mass is 16.5. The molecule has 2 N–H and O–H groups in total. The maximum Gasteiger partial charge on any atom is 0.225 e. The van der Waals surface area contributed by atoms with Crippen molar-refractivity contribution < 1.29 is 15.0 Å². The second kappa shape index (κ2) is 4.94. The maximum absolute atomic E-state index is 11.9. The number of likely N-dealkylation sites (tertiary alicyclic amines) is 1. The Hall–Kier alpha value is -0.610. The summed E-state index contributed by atoms with van der Waals surface area (Å²) in [5.41, 5.74) is 0. The second-order valence-corrected chi connectivity index (χ2v) is 5.49. The standard InChI is InChI=1S/C12H21NO3.CH4/c1-8-4-6-13(11(8)14)10-3-5-12(15,16)7-9(10)2;/h8-10,15-16H,3-7H2,1-2H3;1H4/t8-,9+,10?;/m0./s1. The molecule has 2 fully saturated rings. The van der Waals surface area contributed by atoms with Crippen LogP contribution in [0.4, 0.5) is 0 Å². The molecule has 1 saturated carbocycles. The van der Waals surface area contributed by atoms with Gasteiger partial charge in [-0.05, 0) is 18.8 Å². The van der Waals surface area contributed by atoms with Crippen LogP contribution in [0.25, 0.3) is 0 Å². The Morgan fingerprint density at radius 1 is 1.29 bits per heavy atom. The quantitative estimate of drug-likeness (QED) is 0.684.